The number of nitrogens with two attached hydrogens (primary N) is 1. The van der Waals surface area contributed by atoms with Crippen LogP contribution in [-0.2, 0) is 10.8 Å². The van der Waals surface area contributed by atoms with Gasteiger partial charge >= 0.3 is 0 Å². The number of benzene rings is 2. The first-order valence-corrected chi connectivity index (χ1v) is 7.03. The van der Waals surface area contributed by atoms with Crippen molar-refractivity contribution >= 4 is 28.1 Å². The smallest absolute Gasteiger partial charge is 0.103 e. The van der Waals surface area contributed by atoms with E-state index in [9.17, 15) is 4.21 Å². The molecule has 0 spiro atoms. The highest BCUT2D eigenvalue weighted by Gasteiger charge is 2.14. The number of hydrogen-bond acceptors (Lipinski definition) is 3. The van der Waals surface area contributed by atoms with Gasteiger partial charge in [0.25, 0.3) is 0 Å². The van der Waals surface area contributed by atoms with E-state index in [1.165, 1.54) is 0 Å². The number of nitrogens with zero attached hydrogens (tertiary/aromatic N) is 1. The SMILES string of the molecule is Cc1cc(Cl)cc([S@@](=O)c2cccc(N)c2C#N)c1. The molecule has 0 aliphatic heterocycles. The third-order valence-electron chi connectivity index (χ3n) is 2.60. The van der Waals surface area contributed by atoms with Crippen LogP contribution in [0.5, 0.6) is 0 Å². The molecule has 0 aliphatic rings. The molecule has 2 rings (SSSR count). The summed E-state index contributed by atoms with van der Waals surface area (Å²) >= 11 is 5.96. The van der Waals surface area contributed by atoms with Crippen LogP contribution in [0.3, 0.4) is 0 Å². The van der Waals surface area contributed by atoms with Crippen LogP contribution in [0.1, 0.15) is 11.1 Å². The fourth-order valence-corrected chi connectivity index (χ4v) is 3.45. The number of hydrogen-bond donors (Lipinski definition) is 1. The highest BCUT2D eigenvalue weighted by molar-refractivity contribution is 7.85. The van der Waals surface area contributed by atoms with Gasteiger partial charge in [-0.05, 0) is 42.8 Å². The molecule has 0 amide bonds. The van der Waals surface area contributed by atoms with Crippen LogP contribution >= 0.6 is 11.6 Å². The van der Waals surface area contributed by atoms with Gasteiger partial charge < -0.3 is 5.73 Å². The van der Waals surface area contributed by atoms with Crippen molar-refractivity contribution in [1.82, 2.24) is 0 Å². The average Bonchev–Trinajstić information content (AvgIpc) is 2.36. The minimum atomic E-state index is -1.48. The highest BCUT2D eigenvalue weighted by Crippen LogP contribution is 2.26. The van der Waals surface area contributed by atoms with E-state index in [1.54, 1.807) is 36.4 Å². The second-order valence-corrected chi connectivity index (χ2v) is 5.95. The Bertz CT molecular complexity index is 687. The largest absolute Gasteiger partial charge is 0.398 e. The van der Waals surface area contributed by atoms with Gasteiger partial charge in [-0.1, -0.05) is 17.7 Å². The highest BCUT2D eigenvalue weighted by atomic mass is 35.5. The van der Waals surface area contributed by atoms with Gasteiger partial charge in [0.1, 0.15) is 6.07 Å². The van der Waals surface area contributed by atoms with Crippen LogP contribution in [0.25, 0.3) is 0 Å². The lowest BCUT2D eigenvalue weighted by Gasteiger charge is -2.07. The maximum atomic E-state index is 12.5. The Labute approximate surface area is 119 Å². The summed E-state index contributed by atoms with van der Waals surface area (Å²) in [5.74, 6) is 0. The second kappa shape index (κ2) is 5.43. The molecule has 0 bridgehead atoms. The molecule has 2 aromatic carbocycles. The Morgan fingerprint density at radius 1 is 1.32 bits per heavy atom. The standard InChI is InChI=1S/C14H11ClN2OS/c1-9-5-10(15)7-11(6-9)19(18)14-4-2-3-13(17)12(14)8-16/h2-7H,17H2,1H3/t19-/m1/s1. The molecular weight excluding hydrogens is 280 g/mol. The Hall–Kier alpha value is -1.83. The lowest BCUT2D eigenvalue weighted by atomic mass is 10.2. The van der Waals surface area contributed by atoms with Crippen molar-refractivity contribution in [2.45, 2.75) is 16.7 Å². The minimum absolute atomic E-state index is 0.249. The van der Waals surface area contributed by atoms with Crippen molar-refractivity contribution in [2.75, 3.05) is 5.73 Å². The summed E-state index contributed by atoms with van der Waals surface area (Å²) in [7, 11) is -1.48. The normalized spacial score (nSPS) is 11.8. The zero-order valence-corrected chi connectivity index (χ0v) is 11.8. The number of anilines is 1. The summed E-state index contributed by atoms with van der Waals surface area (Å²) in [6.45, 7) is 1.87. The molecule has 0 radical (unpaired) electrons. The van der Waals surface area contributed by atoms with Crippen molar-refractivity contribution in [3.05, 3.63) is 52.5 Å². The average molecular weight is 291 g/mol. The van der Waals surface area contributed by atoms with Crippen molar-refractivity contribution < 1.29 is 4.21 Å². The van der Waals surface area contributed by atoms with Crippen LogP contribution in [0.2, 0.25) is 5.02 Å². The fraction of sp³-hybridized carbons (Fsp3) is 0.0714. The second-order valence-electron chi connectivity index (χ2n) is 4.07. The molecule has 3 nitrogen and oxygen atoms in total. The molecule has 0 fully saturated rings. The summed E-state index contributed by atoms with van der Waals surface area (Å²) in [5, 5.41) is 9.63. The van der Waals surface area contributed by atoms with Gasteiger partial charge in [-0.2, -0.15) is 5.26 Å². The molecule has 19 heavy (non-hydrogen) atoms. The zero-order valence-electron chi connectivity index (χ0n) is 10.2. The quantitative estimate of drug-likeness (QED) is 0.863. The molecule has 0 heterocycles. The van der Waals surface area contributed by atoms with Gasteiger partial charge in [0.05, 0.1) is 26.9 Å². The zero-order chi connectivity index (χ0) is 14.0. The molecule has 2 N–H and O–H groups in total. The maximum Gasteiger partial charge on any atom is 0.103 e. The number of rotatable bonds is 2. The van der Waals surface area contributed by atoms with Crippen LogP contribution in [0.4, 0.5) is 5.69 Å². The maximum absolute atomic E-state index is 12.5. The molecule has 0 aliphatic carbocycles. The molecule has 1 atom stereocenters. The number of nitriles is 1. The van der Waals surface area contributed by atoms with Crippen LogP contribution in [-0.4, -0.2) is 4.21 Å². The Morgan fingerprint density at radius 2 is 2.05 bits per heavy atom. The topological polar surface area (TPSA) is 66.9 Å². The fourth-order valence-electron chi connectivity index (χ4n) is 1.76. The Morgan fingerprint density at radius 3 is 2.68 bits per heavy atom. The number of halogens is 1. The van der Waals surface area contributed by atoms with E-state index in [2.05, 4.69) is 0 Å². The molecular formula is C14H11ClN2OS. The van der Waals surface area contributed by atoms with Gasteiger partial charge in [-0.3, -0.25) is 0 Å². The first-order valence-electron chi connectivity index (χ1n) is 5.50. The lowest BCUT2D eigenvalue weighted by molar-refractivity contribution is 0.683. The van der Waals surface area contributed by atoms with Crippen molar-refractivity contribution in [2.24, 2.45) is 0 Å². The lowest BCUT2D eigenvalue weighted by Crippen LogP contribution is -2.00. The molecule has 2 aromatic rings. The van der Waals surface area contributed by atoms with E-state index in [1.807, 2.05) is 13.0 Å². The van der Waals surface area contributed by atoms with Gasteiger partial charge in [-0.25, -0.2) is 4.21 Å². The first-order chi connectivity index (χ1) is 9.02. The van der Waals surface area contributed by atoms with Gasteiger partial charge in [0, 0.05) is 9.92 Å². The summed E-state index contributed by atoms with van der Waals surface area (Å²) in [5.41, 5.74) is 7.21. The monoisotopic (exact) mass is 290 g/mol. The third-order valence-corrected chi connectivity index (χ3v) is 4.22. The van der Waals surface area contributed by atoms with Gasteiger partial charge in [0.15, 0.2) is 0 Å². The summed E-state index contributed by atoms with van der Waals surface area (Å²) in [6, 6.07) is 12.1. The molecule has 0 saturated heterocycles. The van der Waals surface area contributed by atoms with Crippen molar-refractivity contribution in [3.63, 3.8) is 0 Å². The number of nitrogen functional groups attached to an aromatic ring is 1. The van der Waals surface area contributed by atoms with Crippen molar-refractivity contribution in [3.8, 4) is 6.07 Å². The molecule has 0 saturated carbocycles. The third kappa shape index (κ3) is 2.78. The van der Waals surface area contributed by atoms with E-state index in [0.29, 0.717) is 20.5 Å². The van der Waals surface area contributed by atoms with E-state index in [0.717, 1.165) is 5.56 Å². The number of aryl methyl sites for hydroxylation is 1. The van der Waals surface area contributed by atoms with Crippen LogP contribution in [0.15, 0.2) is 46.2 Å². The molecule has 5 heteroatoms. The molecule has 96 valence electrons. The Kier molecular flexibility index (Phi) is 3.89. The molecule has 0 unspecified atom stereocenters. The van der Waals surface area contributed by atoms with Gasteiger partial charge in [-0.15, -0.1) is 0 Å². The summed E-state index contributed by atoms with van der Waals surface area (Å²) in [6.07, 6.45) is 0. The van der Waals surface area contributed by atoms with Gasteiger partial charge in [0.2, 0.25) is 0 Å². The Balaban J connectivity index is 2.57. The predicted molar refractivity (Wildman–Crippen MR) is 76.4 cm³/mol. The van der Waals surface area contributed by atoms with Crippen LogP contribution in [0, 0.1) is 18.3 Å². The van der Waals surface area contributed by atoms with E-state index >= 15 is 0 Å². The van der Waals surface area contributed by atoms with E-state index in [-0.39, 0.29) is 5.56 Å². The first kappa shape index (κ1) is 13.6. The minimum Gasteiger partial charge on any atom is -0.398 e. The summed E-state index contributed by atoms with van der Waals surface area (Å²) in [4.78, 5) is 0.969. The van der Waals surface area contributed by atoms with Crippen LogP contribution < -0.4 is 5.73 Å². The summed E-state index contributed by atoms with van der Waals surface area (Å²) < 4.78 is 12.5. The van der Waals surface area contributed by atoms with E-state index < -0.39 is 10.8 Å². The van der Waals surface area contributed by atoms with E-state index in [4.69, 9.17) is 22.6 Å². The molecule has 0 aromatic heterocycles. The van der Waals surface area contributed by atoms with Crippen molar-refractivity contribution in [1.29, 1.82) is 5.26 Å². The predicted octanol–water partition coefficient (Wildman–Crippen LogP) is 3.27.